The van der Waals surface area contributed by atoms with Crippen LogP contribution in [0.15, 0.2) is 0 Å². The molecule has 0 aliphatic heterocycles. The smallest absolute Gasteiger partial charge is 0.748 e. The fourth-order valence-electron chi connectivity index (χ4n) is 2.43. The number of rotatable bonds is 14. The molecule has 0 spiro atoms. The molecule has 0 fully saturated rings. The monoisotopic (exact) mass is 346 g/mol. The maximum Gasteiger partial charge on any atom is 1.00 e. The summed E-state index contributed by atoms with van der Waals surface area (Å²) in [6.07, 6.45) is 11.7. The third-order valence-corrected chi connectivity index (χ3v) is 5.01. The second-order valence-corrected chi connectivity index (χ2v) is 7.25. The van der Waals surface area contributed by atoms with Crippen LogP contribution in [0.2, 0.25) is 0 Å². The summed E-state index contributed by atoms with van der Waals surface area (Å²) >= 11 is 0. The quantitative estimate of drug-likeness (QED) is 0.284. The van der Waals surface area contributed by atoms with E-state index in [-0.39, 0.29) is 58.0 Å². The van der Waals surface area contributed by atoms with Gasteiger partial charge in [0.2, 0.25) is 0 Å². The van der Waals surface area contributed by atoms with E-state index in [0.29, 0.717) is 19.3 Å². The van der Waals surface area contributed by atoms with Crippen molar-refractivity contribution < 1.29 is 69.5 Å². The van der Waals surface area contributed by atoms with Crippen molar-refractivity contribution >= 4 is 10.1 Å². The normalized spacial score (nSPS) is 12.9. The first-order valence-corrected chi connectivity index (χ1v) is 9.55. The van der Waals surface area contributed by atoms with Crippen LogP contribution in [0.25, 0.3) is 0 Å². The van der Waals surface area contributed by atoms with Gasteiger partial charge in [0.25, 0.3) is 0 Å². The molecule has 4 nitrogen and oxygen atoms in total. The topological polar surface area (TPSA) is 77.4 Å². The maximum atomic E-state index is 11.1. The van der Waals surface area contributed by atoms with Crippen LogP contribution in [0.4, 0.5) is 0 Å². The fraction of sp³-hybridized carbons (Fsp3) is 1.00. The summed E-state index contributed by atoms with van der Waals surface area (Å²) in [6, 6.07) is 0. The molecule has 0 aromatic heterocycles. The standard InChI is InChI=1S/C15H32O4S.K/c1-2-3-4-5-6-7-8-9-10-12-15(13-11-14-16)20(17,18)19;/h15-16H,2-14H2,1H3,(H,17,18,19);/q;+1/p-1. The van der Waals surface area contributed by atoms with E-state index < -0.39 is 15.4 Å². The molecule has 1 unspecified atom stereocenters. The molecular formula is C15H31KO4S. The second-order valence-electron chi connectivity index (χ2n) is 5.60. The Morgan fingerprint density at radius 1 is 0.857 bits per heavy atom. The molecule has 0 saturated heterocycles. The van der Waals surface area contributed by atoms with Crippen molar-refractivity contribution in [1.82, 2.24) is 0 Å². The molecule has 1 N–H and O–H groups in total. The van der Waals surface area contributed by atoms with Gasteiger partial charge in [-0.3, -0.25) is 0 Å². The van der Waals surface area contributed by atoms with Gasteiger partial charge in [0, 0.05) is 11.9 Å². The van der Waals surface area contributed by atoms with Crippen LogP contribution >= 0.6 is 0 Å². The Labute approximate surface area is 173 Å². The van der Waals surface area contributed by atoms with Crippen molar-refractivity contribution in [3.05, 3.63) is 0 Å². The van der Waals surface area contributed by atoms with Gasteiger partial charge in [-0.1, -0.05) is 64.7 Å². The predicted octanol–water partition coefficient (Wildman–Crippen LogP) is 0.598. The Hall–Kier alpha value is 1.51. The average molecular weight is 347 g/mol. The number of unbranched alkanes of at least 4 members (excludes halogenated alkanes) is 8. The van der Waals surface area contributed by atoms with E-state index in [0.717, 1.165) is 19.3 Å². The van der Waals surface area contributed by atoms with Crippen LogP contribution in [0.1, 0.15) is 84.0 Å². The van der Waals surface area contributed by atoms with Crippen molar-refractivity contribution in [3.63, 3.8) is 0 Å². The molecule has 0 saturated carbocycles. The zero-order chi connectivity index (χ0) is 15.3. The van der Waals surface area contributed by atoms with Gasteiger partial charge >= 0.3 is 51.4 Å². The largest absolute Gasteiger partial charge is 1.00 e. The van der Waals surface area contributed by atoms with Gasteiger partial charge in [-0.25, -0.2) is 8.42 Å². The molecule has 0 amide bonds. The minimum absolute atomic E-state index is 0. The van der Waals surface area contributed by atoms with Crippen LogP contribution in [0, 0.1) is 0 Å². The summed E-state index contributed by atoms with van der Waals surface area (Å²) in [5, 5.41) is 7.91. The molecule has 0 aromatic carbocycles. The van der Waals surface area contributed by atoms with Crippen LogP contribution in [-0.4, -0.2) is 29.9 Å². The Morgan fingerprint density at radius 3 is 1.71 bits per heavy atom. The van der Waals surface area contributed by atoms with E-state index in [1.54, 1.807) is 0 Å². The Bertz CT molecular complexity index is 307. The molecule has 6 heteroatoms. The second kappa shape index (κ2) is 16.4. The summed E-state index contributed by atoms with van der Waals surface area (Å²) in [5.74, 6) is 0. The third kappa shape index (κ3) is 16.2. The molecular weight excluding hydrogens is 315 g/mol. The first-order chi connectivity index (χ1) is 9.52. The summed E-state index contributed by atoms with van der Waals surface area (Å²) in [7, 11) is -4.21. The van der Waals surface area contributed by atoms with Gasteiger partial charge in [0.15, 0.2) is 0 Å². The van der Waals surface area contributed by atoms with Crippen LogP contribution in [-0.2, 0) is 10.1 Å². The van der Waals surface area contributed by atoms with E-state index in [4.69, 9.17) is 5.11 Å². The van der Waals surface area contributed by atoms with Gasteiger partial charge in [-0.15, -0.1) is 0 Å². The predicted molar refractivity (Wildman–Crippen MR) is 81.6 cm³/mol. The molecule has 0 aliphatic carbocycles. The Kier molecular flexibility index (Phi) is 19.3. The average Bonchev–Trinajstić information content (AvgIpc) is 2.38. The number of hydrogen-bond donors (Lipinski definition) is 1. The van der Waals surface area contributed by atoms with Gasteiger partial charge in [-0.2, -0.15) is 0 Å². The number of hydrogen-bond acceptors (Lipinski definition) is 4. The van der Waals surface area contributed by atoms with Crippen LogP contribution < -0.4 is 51.4 Å². The molecule has 0 bridgehead atoms. The minimum atomic E-state index is -4.21. The number of aliphatic hydroxyl groups is 1. The van der Waals surface area contributed by atoms with E-state index >= 15 is 0 Å². The Balaban J connectivity index is 0. The molecule has 0 heterocycles. The molecule has 122 valence electrons. The maximum absolute atomic E-state index is 11.1. The van der Waals surface area contributed by atoms with Crippen molar-refractivity contribution in [2.75, 3.05) is 6.61 Å². The summed E-state index contributed by atoms with van der Waals surface area (Å²) < 4.78 is 33.2. The number of aliphatic hydroxyl groups excluding tert-OH is 1. The molecule has 0 aliphatic rings. The molecule has 1 atom stereocenters. The SMILES string of the molecule is CCCCCCCCCCCC(CCCO)S(=O)(=O)[O-].[K+]. The van der Waals surface area contributed by atoms with Gasteiger partial charge in [0.1, 0.15) is 0 Å². The first kappa shape index (κ1) is 24.8. The van der Waals surface area contributed by atoms with E-state index in [2.05, 4.69) is 6.92 Å². The van der Waals surface area contributed by atoms with Gasteiger partial charge in [-0.05, 0) is 19.3 Å². The van der Waals surface area contributed by atoms with Gasteiger partial charge in [0.05, 0.1) is 10.1 Å². The van der Waals surface area contributed by atoms with Crippen LogP contribution in [0.5, 0.6) is 0 Å². The molecule has 0 radical (unpaired) electrons. The van der Waals surface area contributed by atoms with E-state index in [1.165, 1.54) is 38.5 Å². The third-order valence-electron chi connectivity index (χ3n) is 3.72. The molecule has 0 aromatic rings. The van der Waals surface area contributed by atoms with E-state index in [1.807, 2.05) is 0 Å². The van der Waals surface area contributed by atoms with Crippen molar-refractivity contribution in [2.45, 2.75) is 89.2 Å². The Morgan fingerprint density at radius 2 is 1.29 bits per heavy atom. The van der Waals surface area contributed by atoms with E-state index in [9.17, 15) is 13.0 Å². The molecule has 0 rings (SSSR count). The summed E-state index contributed by atoms with van der Waals surface area (Å²) in [4.78, 5) is 0. The van der Waals surface area contributed by atoms with Crippen LogP contribution in [0.3, 0.4) is 0 Å². The summed E-state index contributed by atoms with van der Waals surface area (Å²) in [6.45, 7) is 2.15. The van der Waals surface area contributed by atoms with Crippen molar-refractivity contribution in [2.24, 2.45) is 0 Å². The summed E-state index contributed by atoms with van der Waals surface area (Å²) in [5.41, 5.74) is 0. The first-order valence-electron chi connectivity index (χ1n) is 8.08. The minimum Gasteiger partial charge on any atom is -0.748 e. The fourth-order valence-corrected chi connectivity index (χ4v) is 3.35. The molecule has 21 heavy (non-hydrogen) atoms. The van der Waals surface area contributed by atoms with Gasteiger partial charge < -0.3 is 9.66 Å². The van der Waals surface area contributed by atoms with Crippen molar-refractivity contribution in [3.8, 4) is 0 Å². The zero-order valence-electron chi connectivity index (χ0n) is 13.8. The van der Waals surface area contributed by atoms with Crippen molar-refractivity contribution in [1.29, 1.82) is 0 Å². The zero-order valence-corrected chi connectivity index (χ0v) is 17.8.